The van der Waals surface area contributed by atoms with Crippen molar-refractivity contribution in [3.05, 3.63) is 35.4 Å². The lowest BCUT2D eigenvalue weighted by Gasteiger charge is -2.20. The summed E-state index contributed by atoms with van der Waals surface area (Å²) in [5.74, 6) is -2.39. The van der Waals surface area contributed by atoms with Crippen LogP contribution in [0.25, 0.3) is 0 Å². The number of halogens is 3. The van der Waals surface area contributed by atoms with Gasteiger partial charge in [0, 0.05) is 5.56 Å². The maximum atomic E-state index is 12.6. The van der Waals surface area contributed by atoms with Crippen molar-refractivity contribution in [2.45, 2.75) is 32.5 Å². The molecule has 0 saturated heterocycles. The summed E-state index contributed by atoms with van der Waals surface area (Å²) in [6.07, 6.45) is -4.04. The van der Waals surface area contributed by atoms with E-state index in [9.17, 15) is 22.8 Å². The van der Waals surface area contributed by atoms with Gasteiger partial charge in [-0.1, -0.05) is 26.3 Å². The molecule has 0 spiro atoms. The highest BCUT2D eigenvalue weighted by Crippen LogP contribution is 2.29. The first-order valence-electron chi connectivity index (χ1n) is 6.37. The van der Waals surface area contributed by atoms with E-state index in [2.05, 4.69) is 5.32 Å². The van der Waals surface area contributed by atoms with Gasteiger partial charge in [0.1, 0.15) is 6.04 Å². The van der Waals surface area contributed by atoms with Gasteiger partial charge < -0.3 is 10.4 Å². The summed E-state index contributed by atoms with van der Waals surface area (Å²) >= 11 is 0. The summed E-state index contributed by atoms with van der Waals surface area (Å²) in [7, 11) is 0. The summed E-state index contributed by atoms with van der Waals surface area (Å²) in [6.45, 7) is 3.41. The van der Waals surface area contributed by atoms with Crippen LogP contribution in [0.1, 0.15) is 36.2 Å². The molecule has 7 heteroatoms. The monoisotopic (exact) mass is 303 g/mol. The highest BCUT2D eigenvalue weighted by Gasteiger charge is 2.31. The number of hydrogen-bond donors (Lipinski definition) is 2. The zero-order valence-electron chi connectivity index (χ0n) is 11.6. The fourth-order valence-electron chi connectivity index (χ4n) is 1.74. The van der Waals surface area contributed by atoms with Crippen molar-refractivity contribution in [1.82, 2.24) is 5.32 Å². The highest BCUT2D eigenvalue weighted by molar-refractivity contribution is 5.96. The SMILES string of the molecule is CC[C@H](C)[C@@H](NC(=O)c1cccc(C(F)(F)F)c1)C(=O)O. The number of carboxylic acids is 1. The Bertz CT molecular complexity index is 528. The molecule has 4 nitrogen and oxygen atoms in total. The van der Waals surface area contributed by atoms with Gasteiger partial charge in [0.05, 0.1) is 5.56 Å². The minimum atomic E-state index is -4.56. The zero-order valence-corrected chi connectivity index (χ0v) is 11.6. The van der Waals surface area contributed by atoms with Crippen molar-refractivity contribution >= 4 is 11.9 Å². The Labute approximate surface area is 120 Å². The smallest absolute Gasteiger partial charge is 0.416 e. The molecule has 0 aliphatic rings. The van der Waals surface area contributed by atoms with Crippen LogP contribution in [0.4, 0.5) is 13.2 Å². The molecule has 2 atom stereocenters. The molecule has 2 N–H and O–H groups in total. The van der Waals surface area contributed by atoms with Crippen molar-refractivity contribution in [3.8, 4) is 0 Å². The standard InChI is InChI=1S/C14H16F3NO3/c1-3-8(2)11(13(20)21)18-12(19)9-5-4-6-10(7-9)14(15,16)17/h4-8,11H,3H2,1-2H3,(H,18,19)(H,20,21)/t8-,11+/m0/s1. The van der Waals surface area contributed by atoms with Gasteiger partial charge >= 0.3 is 12.1 Å². The summed E-state index contributed by atoms with van der Waals surface area (Å²) < 4.78 is 37.7. The van der Waals surface area contributed by atoms with E-state index < -0.39 is 29.7 Å². The van der Waals surface area contributed by atoms with Crippen LogP contribution >= 0.6 is 0 Å². The summed E-state index contributed by atoms with van der Waals surface area (Å²) in [6, 6.07) is 2.72. The maximum absolute atomic E-state index is 12.6. The Morgan fingerprint density at radius 2 is 1.95 bits per heavy atom. The number of carbonyl (C=O) groups is 2. The quantitative estimate of drug-likeness (QED) is 0.879. The molecule has 0 aliphatic carbocycles. The number of aliphatic carboxylic acids is 1. The molecule has 0 bridgehead atoms. The molecule has 1 rings (SSSR count). The van der Waals surface area contributed by atoms with Crippen LogP contribution in [0.2, 0.25) is 0 Å². The second kappa shape index (κ2) is 6.60. The maximum Gasteiger partial charge on any atom is 0.416 e. The molecule has 0 radical (unpaired) electrons. The van der Waals surface area contributed by atoms with E-state index in [1.807, 2.05) is 0 Å². The Kier molecular flexibility index (Phi) is 5.34. The van der Waals surface area contributed by atoms with Gasteiger partial charge in [0.2, 0.25) is 0 Å². The first kappa shape index (κ1) is 17.0. The first-order chi connectivity index (χ1) is 9.66. The third-order valence-corrected chi connectivity index (χ3v) is 3.22. The van der Waals surface area contributed by atoms with E-state index in [0.29, 0.717) is 12.5 Å². The molecular formula is C14H16F3NO3. The van der Waals surface area contributed by atoms with Crippen LogP contribution in [-0.2, 0) is 11.0 Å². The average Bonchev–Trinajstić information content (AvgIpc) is 2.42. The minimum Gasteiger partial charge on any atom is -0.480 e. The van der Waals surface area contributed by atoms with Crippen molar-refractivity contribution in [3.63, 3.8) is 0 Å². The Hall–Kier alpha value is -2.05. The van der Waals surface area contributed by atoms with Crippen LogP contribution < -0.4 is 5.32 Å². The lowest BCUT2D eigenvalue weighted by Crippen LogP contribution is -2.45. The average molecular weight is 303 g/mol. The second-order valence-electron chi connectivity index (χ2n) is 4.75. The minimum absolute atomic E-state index is 0.223. The highest BCUT2D eigenvalue weighted by atomic mass is 19.4. The number of alkyl halides is 3. The van der Waals surface area contributed by atoms with Crippen molar-refractivity contribution in [2.75, 3.05) is 0 Å². The molecule has 1 amide bonds. The third kappa shape index (κ3) is 4.47. The molecule has 0 fully saturated rings. The van der Waals surface area contributed by atoms with Gasteiger partial charge in [0.15, 0.2) is 0 Å². The van der Waals surface area contributed by atoms with Crippen LogP contribution in [-0.4, -0.2) is 23.0 Å². The molecule has 1 aromatic rings. The van der Waals surface area contributed by atoms with Gasteiger partial charge in [-0.05, 0) is 24.1 Å². The summed E-state index contributed by atoms with van der Waals surface area (Å²) in [5, 5.41) is 11.3. The fraction of sp³-hybridized carbons (Fsp3) is 0.429. The van der Waals surface area contributed by atoms with Crippen LogP contribution in [0, 0.1) is 5.92 Å². The predicted molar refractivity (Wildman–Crippen MR) is 69.8 cm³/mol. The van der Waals surface area contributed by atoms with Crippen molar-refractivity contribution in [2.24, 2.45) is 5.92 Å². The zero-order chi connectivity index (χ0) is 16.2. The number of hydrogen-bond acceptors (Lipinski definition) is 2. The Balaban J connectivity index is 2.96. The molecule has 0 saturated carbocycles. The van der Waals surface area contributed by atoms with E-state index >= 15 is 0 Å². The third-order valence-electron chi connectivity index (χ3n) is 3.22. The number of carbonyl (C=O) groups excluding carboxylic acids is 1. The number of carboxylic acid groups (broad SMARTS) is 1. The second-order valence-corrected chi connectivity index (χ2v) is 4.75. The topological polar surface area (TPSA) is 66.4 Å². The van der Waals surface area contributed by atoms with Crippen LogP contribution in [0.5, 0.6) is 0 Å². The molecular weight excluding hydrogens is 287 g/mol. The van der Waals surface area contributed by atoms with E-state index in [1.54, 1.807) is 13.8 Å². The van der Waals surface area contributed by atoms with E-state index in [-0.39, 0.29) is 11.5 Å². The lowest BCUT2D eigenvalue weighted by atomic mass is 9.98. The number of rotatable bonds is 5. The first-order valence-corrected chi connectivity index (χ1v) is 6.37. The molecule has 0 unspecified atom stereocenters. The van der Waals surface area contributed by atoms with Crippen LogP contribution in [0.3, 0.4) is 0 Å². The number of benzene rings is 1. The van der Waals surface area contributed by atoms with E-state index in [4.69, 9.17) is 5.11 Å². The molecule has 1 aromatic carbocycles. The Morgan fingerprint density at radius 3 is 2.43 bits per heavy atom. The Morgan fingerprint density at radius 1 is 1.33 bits per heavy atom. The molecule has 21 heavy (non-hydrogen) atoms. The van der Waals surface area contributed by atoms with Gasteiger partial charge in [-0.3, -0.25) is 4.79 Å². The fourth-order valence-corrected chi connectivity index (χ4v) is 1.74. The predicted octanol–water partition coefficient (Wildman–Crippen LogP) is 2.93. The van der Waals surface area contributed by atoms with Gasteiger partial charge in [-0.2, -0.15) is 13.2 Å². The summed E-state index contributed by atoms with van der Waals surface area (Å²) in [4.78, 5) is 23.0. The molecule has 116 valence electrons. The molecule has 0 aromatic heterocycles. The molecule has 0 heterocycles. The van der Waals surface area contributed by atoms with E-state index in [1.165, 1.54) is 6.07 Å². The van der Waals surface area contributed by atoms with Crippen molar-refractivity contribution in [1.29, 1.82) is 0 Å². The van der Waals surface area contributed by atoms with Gasteiger partial charge in [-0.15, -0.1) is 0 Å². The van der Waals surface area contributed by atoms with Crippen molar-refractivity contribution < 1.29 is 27.9 Å². The number of amides is 1. The largest absolute Gasteiger partial charge is 0.480 e. The summed E-state index contributed by atoms with van der Waals surface area (Å²) in [5.41, 5.74) is -1.18. The number of nitrogens with one attached hydrogen (secondary N) is 1. The van der Waals surface area contributed by atoms with E-state index in [0.717, 1.165) is 12.1 Å². The lowest BCUT2D eigenvalue weighted by molar-refractivity contribution is -0.140. The normalized spacial score (nSPS) is 14.3. The molecule has 0 aliphatic heterocycles. The van der Waals surface area contributed by atoms with Gasteiger partial charge in [-0.25, -0.2) is 4.79 Å². The van der Waals surface area contributed by atoms with Gasteiger partial charge in [0.25, 0.3) is 5.91 Å². The van der Waals surface area contributed by atoms with Crippen LogP contribution in [0.15, 0.2) is 24.3 Å².